The molecular weight excluding hydrogens is 240 g/mol. The van der Waals surface area contributed by atoms with E-state index in [0.717, 1.165) is 24.0 Å². The van der Waals surface area contributed by atoms with Gasteiger partial charge in [0, 0.05) is 6.42 Å². The number of ether oxygens (including phenoxy) is 1. The van der Waals surface area contributed by atoms with Gasteiger partial charge in [-0.3, -0.25) is 4.79 Å². The quantitative estimate of drug-likeness (QED) is 0.844. The number of benzene rings is 1. The lowest BCUT2D eigenvalue weighted by Gasteiger charge is -2.23. The topological polar surface area (TPSA) is 46.5 Å². The standard InChI is InChI=1S/C16H22O3/c1-19-16(18)10-8-12-7-9-15(17)14(11-12)13-5-3-2-4-6-13/h7,9,11,13,17H,2-6,8,10H2,1H3. The normalized spacial score (nSPS) is 16.3. The molecule has 0 radical (unpaired) electrons. The van der Waals surface area contributed by atoms with Crippen LogP contribution in [0.2, 0.25) is 0 Å². The molecule has 104 valence electrons. The van der Waals surface area contributed by atoms with Gasteiger partial charge in [-0.15, -0.1) is 0 Å². The molecule has 0 bridgehead atoms. The van der Waals surface area contributed by atoms with Crippen LogP contribution in [0.4, 0.5) is 0 Å². The van der Waals surface area contributed by atoms with Crippen LogP contribution in [0.3, 0.4) is 0 Å². The number of carbonyl (C=O) groups excluding carboxylic acids is 1. The third-order valence-corrected chi connectivity index (χ3v) is 3.98. The molecule has 1 aromatic rings. The minimum atomic E-state index is -0.188. The van der Waals surface area contributed by atoms with Crippen molar-refractivity contribution in [1.29, 1.82) is 0 Å². The molecule has 1 fully saturated rings. The smallest absolute Gasteiger partial charge is 0.305 e. The van der Waals surface area contributed by atoms with Crippen molar-refractivity contribution in [3.05, 3.63) is 29.3 Å². The van der Waals surface area contributed by atoms with Crippen molar-refractivity contribution in [2.45, 2.75) is 50.9 Å². The summed E-state index contributed by atoms with van der Waals surface area (Å²) in [6.45, 7) is 0. The van der Waals surface area contributed by atoms with Crippen LogP contribution in [0.25, 0.3) is 0 Å². The van der Waals surface area contributed by atoms with Crippen molar-refractivity contribution >= 4 is 5.97 Å². The second-order valence-electron chi connectivity index (χ2n) is 5.30. The summed E-state index contributed by atoms with van der Waals surface area (Å²) in [6.07, 6.45) is 7.19. The molecule has 3 heteroatoms. The number of methoxy groups -OCH3 is 1. The zero-order chi connectivity index (χ0) is 13.7. The Bertz CT molecular complexity index is 434. The minimum absolute atomic E-state index is 0.188. The van der Waals surface area contributed by atoms with Gasteiger partial charge < -0.3 is 9.84 Å². The first kappa shape index (κ1) is 13.9. The van der Waals surface area contributed by atoms with Gasteiger partial charge in [0.25, 0.3) is 0 Å². The molecule has 19 heavy (non-hydrogen) atoms. The zero-order valence-corrected chi connectivity index (χ0v) is 11.5. The second-order valence-corrected chi connectivity index (χ2v) is 5.30. The van der Waals surface area contributed by atoms with Crippen molar-refractivity contribution in [2.75, 3.05) is 7.11 Å². The predicted molar refractivity (Wildman–Crippen MR) is 74.3 cm³/mol. The summed E-state index contributed by atoms with van der Waals surface area (Å²) >= 11 is 0. The molecule has 1 aliphatic carbocycles. The van der Waals surface area contributed by atoms with Crippen LogP contribution < -0.4 is 0 Å². The Morgan fingerprint density at radius 2 is 2.05 bits per heavy atom. The minimum Gasteiger partial charge on any atom is -0.508 e. The fourth-order valence-corrected chi connectivity index (χ4v) is 2.85. The van der Waals surface area contributed by atoms with E-state index in [-0.39, 0.29) is 5.97 Å². The highest BCUT2D eigenvalue weighted by Crippen LogP contribution is 2.37. The molecule has 0 aliphatic heterocycles. The van der Waals surface area contributed by atoms with Crippen LogP contribution >= 0.6 is 0 Å². The number of aryl methyl sites for hydroxylation is 1. The third-order valence-electron chi connectivity index (χ3n) is 3.98. The van der Waals surface area contributed by atoms with Gasteiger partial charge in [0.2, 0.25) is 0 Å². The van der Waals surface area contributed by atoms with Crippen molar-refractivity contribution in [2.24, 2.45) is 0 Å². The Labute approximate surface area is 114 Å². The van der Waals surface area contributed by atoms with Gasteiger partial charge in [-0.2, -0.15) is 0 Å². The van der Waals surface area contributed by atoms with E-state index in [2.05, 4.69) is 10.8 Å². The molecule has 2 rings (SSSR count). The summed E-state index contributed by atoms with van der Waals surface area (Å²) < 4.78 is 4.65. The number of hydrogen-bond donors (Lipinski definition) is 1. The van der Waals surface area contributed by atoms with E-state index in [1.807, 2.05) is 6.07 Å². The molecule has 1 aliphatic rings. The molecule has 0 unspecified atom stereocenters. The summed E-state index contributed by atoms with van der Waals surface area (Å²) in [5, 5.41) is 10.0. The Morgan fingerprint density at radius 1 is 1.32 bits per heavy atom. The molecule has 0 heterocycles. The molecule has 0 aromatic heterocycles. The molecule has 0 saturated heterocycles. The Morgan fingerprint density at radius 3 is 2.74 bits per heavy atom. The van der Waals surface area contributed by atoms with Crippen LogP contribution in [0, 0.1) is 0 Å². The summed E-state index contributed by atoms with van der Waals surface area (Å²) in [6, 6.07) is 5.72. The number of phenols is 1. The molecule has 1 aromatic carbocycles. The van der Waals surface area contributed by atoms with Crippen molar-refractivity contribution in [1.82, 2.24) is 0 Å². The van der Waals surface area contributed by atoms with Crippen molar-refractivity contribution < 1.29 is 14.6 Å². The summed E-state index contributed by atoms with van der Waals surface area (Å²) in [5.41, 5.74) is 2.16. The lowest BCUT2D eigenvalue weighted by Crippen LogP contribution is -2.06. The maximum atomic E-state index is 11.2. The van der Waals surface area contributed by atoms with Gasteiger partial charge >= 0.3 is 5.97 Å². The zero-order valence-electron chi connectivity index (χ0n) is 11.5. The van der Waals surface area contributed by atoms with Gasteiger partial charge in [0.15, 0.2) is 0 Å². The average Bonchev–Trinajstić information content (AvgIpc) is 2.47. The van der Waals surface area contributed by atoms with E-state index in [0.29, 0.717) is 24.5 Å². The van der Waals surface area contributed by atoms with E-state index >= 15 is 0 Å². The Balaban J connectivity index is 2.07. The molecular formula is C16H22O3. The fourth-order valence-electron chi connectivity index (χ4n) is 2.85. The highest BCUT2D eigenvalue weighted by molar-refractivity contribution is 5.69. The number of hydrogen-bond acceptors (Lipinski definition) is 3. The maximum Gasteiger partial charge on any atom is 0.305 e. The fraction of sp³-hybridized carbons (Fsp3) is 0.562. The van der Waals surface area contributed by atoms with Gasteiger partial charge in [0.1, 0.15) is 5.75 Å². The average molecular weight is 262 g/mol. The molecule has 3 nitrogen and oxygen atoms in total. The largest absolute Gasteiger partial charge is 0.508 e. The van der Waals surface area contributed by atoms with Crippen LogP contribution in [0.5, 0.6) is 5.75 Å². The third kappa shape index (κ3) is 3.72. The predicted octanol–water partition coefficient (Wildman–Crippen LogP) is 3.55. The first-order valence-corrected chi connectivity index (χ1v) is 7.09. The van der Waals surface area contributed by atoms with E-state index in [4.69, 9.17) is 0 Å². The SMILES string of the molecule is COC(=O)CCc1ccc(O)c(C2CCCCC2)c1. The molecule has 1 N–H and O–H groups in total. The van der Waals surface area contributed by atoms with Gasteiger partial charge in [-0.1, -0.05) is 31.4 Å². The first-order valence-electron chi connectivity index (χ1n) is 7.09. The Kier molecular flexibility index (Phi) is 4.83. The number of carbonyl (C=O) groups is 1. The number of rotatable bonds is 4. The summed E-state index contributed by atoms with van der Waals surface area (Å²) in [5.74, 6) is 0.688. The number of phenolic OH excluding ortho intramolecular Hbond substituents is 1. The van der Waals surface area contributed by atoms with Crippen LogP contribution in [0.15, 0.2) is 18.2 Å². The summed E-state index contributed by atoms with van der Waals surface area (Å²) in [7, 11) is 1.41. The molecule has 0 amide bonds. The highest BCUT2D eigenvalue weighted by atomic mass is 16.5. The van der Waals surface area contributed by atoms with E-state index in [9.17, 15) is 9.90 Å². The number of esters is 1. The van der Waals surface area contributed by atoms with Crippen LogP contribution in [0.1, 0.15) is 55.6 Å². The van der Waals surface area contributed by atoms with Crippen LogP contribution in [-0.4, -0.2) is 18.2 Å². The molecule has 1 saturated carbocycles. The maximum absolute atomic E-state index is 11.2. The van der Waals surface area contributed by atoms with Crippen LogP contribution in [-0.2, 0) is 16.0 Å². The van der Waals surface area contributed by atoms with E-state index in [1.54, 1.807) is 6.07 Å². The number of aromatic hydroxyl groups is 1. The van der Waals surface area contributed by atoms with E-state index in [1.165, 1.54) is 26.4 Å². The monoisotopic (exact) mass is 262 g/mol. The Hall–Kier alpha value is -1.51. The first-order chi connectivity index (χ1) is 9.20. The molecule has 0 atom stereocenters. The van der Waals surface area contributed by atoms with Gasteiger partial charge in [-0.05, 0) is 42.4 Å². The van der Waals surface area contributed by atoms with Crippen molar-refractivity contribution in [3.8, 4) is 5.75 Å². The van der Waals surface area contributed by atoms with Gasteiger partial charge in [0.05, 0.1) is 7.11 Å². The van der Waals surface area contributed by atoms with E-state index < -0.39 is 0 Å². The second kappa shape index (κ2) is 6.60. The van der Waals surface area contributed by atoms with Crippen molar-refractivity contribution in [3.63, 3.8) is 0 Å². The molecule has 0 spiro atoms. The highest BCUT2D eigenvalue weighted by Gasteiger charge is 2.18. The lowest BCUT2D eigenvalue weighted by atomic mass is 9.83. The lowest BCUT2D eigenvalue weighted by molar-refractivity contribution is -0.140. The van der Waals surface area contributed by atoms with Gasteiger partial charge in [-0.25, -0.2) is 0 Å². The summed E-state index contributed by atoms with van der Waals surface area (Å²) in [4.78, 5) is 11.2.